The summed E-state index contributed by atoms with van der Waals surface area (Å²) < 4.78 is 55.7. The third kappa shape index (κ3) is 7.35. The first-order valence-electron chi connectivity index (χ1n) is 14.9. The molecular weight excluding hydrogens is 473 g/mol. The van der Waals surface area contributed by atoms with E-state index in [1.54, 1.807) is 6.07 Å². The molecule has 0 saturated heterocycles. The van der Waals surface area contributed by atoms with Gasteiger partial charge in [0, 0.05) is 0 Å². The molecule has 0 aromatic heterocycles. The minimum atomic E-state index is -1.21. The van der Waals surface area contributed by atoms with Crippen molar-refractivity contribution < 1.29 is 22.6 Å². The van der Waals surface area contributed by atoms with E-state index in [9.17, 15) is 13.2 Å². The van der Waals surface area contributed by atoms with Crippen LogP contribution in [0.5, 0.6) is 11.5 Å². The average molecular weight is 519 g/mol. The Bertz CT molecular complexity index is 991. The molecule has 2 aliphatic rings. The fraction of sp³-hybridized carbons (Fsp3) is 0.688. The third-order valence-corrected chi connectivity index (χ3v) is 8.90. The maximum Gasteiger partial charge on any atom is 0.201 e. The second kappa shape index (κ2) is 13.8. The van der Waals surface area contributed by atoms with Gasteiger partial charge in [-0.25, -0.2) is 8.78 Å². The maximum atomic E-state index is 14.9. The lowest BCUT2D eigenvalue weighted by Crippen LogP contribution is -2.21. The van der Waals surface area contributed by atoms with Crippen LogP contribution in [0.4, 0.5) is 13.2 Å². The smallest absolute Gasteiger partial charge is 0.201 e. The van der Waals surface area contributed by atoms with Crippen molar-refractivity contribution in [1.82, 2.24) is 0 Å². The minimum Gasteiger partial charge on any atom is -0.490 e. The van der Waals surface area contributed by atoms with E-state index in [0.717, 1.165) is 43.4 Å². The molecule has 2 aromatic carbocycles. The van der Waals surface area contributed by atoms with Crippen LogP contribution in [-0.4, -0.2) is 13.2 Å². The molecule has 0 radical (unpaired) electrons. The number of hydrogen-bond donors (Lipinski definition) is 0. The highest BCUT2D eigenvalue weighted by Gasteiger charge is 2.26. The van der Waals surface area contributed by atoms with Crippen molar-refractivity contribution in [1.29, 1.82) is 0 Å². The second-order valence-electron chi connectivity index (χ2n) is 11.6. The summed E-state index contributed by atoms with van der Waals surface area (Å²) in [7, 11) is 0. The van der Waals surface area contributed by atoms with Crippen molar-refractivity contribution in [3.8, 4) is 11.5 Å². The van der Waals surface area contributed by atoms with Crippen molar-refractivity contribution in [2.75, 3.05) is 13.2 Å². The van der Waals surface area contributed by atoms with Gasteiger partial charge in [-0.3, -0.25) is 0 Å². The fourth-order valence-electron chi connectivity index (χ4n) is 6.46. The van der Waals surface area contributed by atoms with E-state index in [4.69, 9.17) is 9.47 Å². The molecule has 37 heavy (non-hydrogen) atoms. The molecule has 206 valence electrons. The van der Waals surface area contributed by atoms with Crippen LogP contribution in [0.25, 0.3) is 10.8 Å². The van der Waals surface area contributed by atoms with E-state index in [1.807, 2.05) is 6.92 Å². The van der Waals surface area contributed by atoms with Gasteiger partial charge >= 0.3 is 0 Å². The Morgan fingerprint density at radius 1 is 0.649 bits per heavy atom. The molecule has 0 atom stereocenters. The molecule has 4 rings (SSSR count). The Morgan fingerprint density at radius 3 is 1.84 bits per heavy atom. The maximum absolute atomic E-state index is 14.9. The summed E-state index contributed by atoms with van der Waals surface area (Å²) in [5.74, 6) is -0.344. The molecular formula is C32H45F3O2. The second-order valence-corrected chi connectivity index (χ2v) is 11.6. The Balaban J connectivity index is 1.25. The molecule has 5 heteroatoms. The van der Waals surface area contributed by atoms with Gasteiger partial charge in [0.2, 0.25) is 5.82 Å². The molecule has 0 aliphatic heterocycles. The molecule has 2 fully saturated rings. The van der Waals surface area contributed by atoms with Gasteiger partial charge in [0.15, 0.2) is 23.1 Å². The van der Waals surface area contributed by atoms with E-state index in [1.165, 1.54) is 76.3 Å². The molecule has 0 heterocycles. The monoisotopic (exact) mass is 518 g/mol. The van der Waals surface area contributed by atoms with E-state index in [0.29, 0.717) is 19.1 Å². The Labute approximate surface area is 221 Å². The molecule has 0 amide bonds. The zero-order valence-corrected chi connectivity index (χ0v) is 22.8. The predicted molar refractivity (Wildman–Crippen MR) is 145 cm³/mol. The molecule has 0 spiro atoms. The van der Waals surface area contributed by atoms with Crippen LogP contribution in [-0.2, 0) is 0 Å². The van der Waals surface area contributed by atoms with E-state index in [-0.39, 0.29) is 22.3 Å². The SMILES string of the molecule is CCCCOc1ccc2cc(OCC3CCC(CCC4CCC(CCC)CC4)CC3)c(F)c(F)c2c1F. The number of hydrogen-bond acceptors (Lipinski definition) is 2. The Kier molecular flexibility index (Phi) is 10.5. The standard InChI is InChI=1S/C32H45F3O2/c1-3-5-19-36-27-18-17-26-20-28(31(34)32(35)29(26)30(27)33)37-21-25-15-13-24(14-16-25)12-11-23-9-7-22(6-4-2)8-10-23/h17-18,20,22-25H,3-16,19,21H2,1-2H3. The highest BCUT2D eigenvalue weighted by Crippen LogP contribution is 2.39. The van der Waals surface area contributed by atoms with E-state index in [2.05, 4.69) is 6.92 Å². The van der Waals surface area contributed by atoms with Crippen molar-refractivity contribution in [2.45, 2.75) is 104 Å². The third-order valence-electron chi connectivity index (χ3n) is 8.90. The van der Waals surface area contributed by atoms with Crippen LogP contribution >= 0.6 is 0 Å². The van der Waals surface area contributed by atoms with Gasteiger partial charge in [0.25, 0.3) is 0 Å². The number of unbranched alkanes of at least 4 members (excludes halogenated alkanes) is 1. The van der Waals surface area contributed by atoms with Crippen LogP contribution in [0.2, 0.25) is 0 Å². The van der Waals surface area contributed by atoms with Crippen molar-refractivity contribution >= 4 is 10.8 Å². The topological polar surface area (TPSA) is 18.5 Å². The summed E-state index contributed by atoms with van der Waals surface area (Å²) in [6.45, 7) is 5.01. The zero-order valence-electron chi connectivity index (χ0n) is 22.8. The first-order valence-corrected chi connectivity index (χ1v) is 14.9. The summed E-state index contributed by atoms with van der Waals surface area (Å²) in [6, 6.07) is 4.46. The lowest BCUT2D eigenvalue weighted by atomic mass is 9.75. The molecule has 2 nitrogen and oxygen atoms in total. The molecule has 2 aliphatic carbocycles. The Morgan fingerprint density at radius 2 is 1.24 bits per heavy atom. The van der Waals surface area contributed by atoms with Gasteiger partial charge in [0.1, 0.15) is 0 Å². The van der Waals surface area contributed by atoms with Gasteiger partial charge in [-0.2, -0.15) is 4.39 Å². The number of fused-ring (bicyclic) bond motifs is 1. The van der Waals surface area contributed by atoms with Gasteiger partial charge in [-0.15, -0.1) is 0 Å². The fourth-order valence-corrected chi connectivity index (χ4v) is 6.46. The van der Waals surface area contributed by atoms with Gasteiger partial charge < -0.3 is 9.47 Å². The predicted octanol–water partition coefficient (Wildman–Crippen LogP) is 10.0. The van der Waals surface area contributed by atoms with E-state index < -0.39 is 17.5 Å². The largest absolute Gasteiger partial charge is 0.490 e. The van der Waals surface area contributed by atoms with Crippen LogP contribution in [0.15, 0.2) is 18.2 Å². The lowest BCUT2D eigenvalue weighted by molar-refractivity contribution is 0.165. The summed E-state index contributed by atoms with van der Waals surface area (Å²) in [4.78, 5) is 0. The summed E-state index contributed by atoms with van der Waals surface area (Å²) in [5.41, 5.74) is 0. The zero-order chi connectivity index (χ0) is 26.2. The highest BCUT2D eigenvalue weighted by atomic mass is 19.2. The van der Waals surface area contributed by atoms with Crippen molar-refractivity contribution in [3.63, 3.8) is 0 Å². The van der Waals surface area contributed by atoms with Crippen molar-refractivity contribution in [2.24, 2.45) is 23.7 Å². The van der Waals surface area contributed by atoms with Gasteiger partial charge in [-0.1, -0.05) is 90.5 Å². The lowest BCUT2D eigenvalue weighted by Gasteiger charge is -2.32. The number of ether oxygens (including phenoxy) is 2. The number of benzene rings is 2. The van der Waals surface area contributed by atoms with Gasteiger partial charge in [-0.05, 0) is 60.5 Å². The van der Waals surface area contributed by atoms with Crippen LogP contribution in [0.3, 0.4) is 0 Å². The Hall–Kier alpha value is -1.91. The van der Waals surface area contributed by atoms with Crippen LogP contribution in [0, 0.1) is 41.1 Å². The van der Waals surface area contributed by atoms with Crippen LogP contribution < -0.4 is 9.47 Å². The quantitative estimate of drug-likeness (QED) is 0.260. The number of halogens is 3. The summed E-state index contributed by atoms with van der Waals surface area (Å²) in [6.07, 6.45) is 17.3. The number of rotatable bonds is 12. The first kappa shape index (κ1) is 28.1. The first-order chi connectivity index (χ1) is 18.0. The molecule has 0 N–H and O–H groups in total. The molecule has 0 unspecified atom stereocenters. The molecule has 2 aromatic rings. The normalized spacial score (nSPS) is 24.4. The molecule has 0 bridgehead atoms. The van der Waals surface area contributed by atoms with Crippen molar-refractivity contribution in [3.05, 3.63) is 35.7 Å². The highest BCUT2D eigenvalue weighted by molar-refractivity contribution is 5.86. The van der Waals surface area contributed by atoms with Gasteiger partial charge in [0.05, 0.1) is 18.6 Å². The van der Waals surface area contributed by atoms with Crippen LogP contribution in [0.1, 0.15) is 104 Å². The molecule has 2 saturated carbocycles. The summed E-state index contributed by atoms with van der Waals surface area (Å²) in [5, 5.41) is -0.0973. The van der Waals surface area contributed by atoms with E-state index >= 15 is 0 Å². The minimum absolute atomic E-state index is 0.0474. The summed E-state index contributed by atoms with van der Waals surface area (Å²) >= 11 is 0. The average Bonchev–Trinajstić information content (AvgIpc) is 2.91.